The number of ether oxygens (including phenoxy) is 1. The standard InChI is InChI=1S/C30H38N2O3/c1-22(33)26-10-9-25-15-18-32(19-16-27(25)21-26)17-14-23-6-11-28(12-7-23)31-30(34)13-8-24-4-3-5-29(20-24)35-2/h3-5,8-10,13,20-21,23,28H,6-7,11-12,14-19H2,1-2H3,(H,31,34)/b13-8+. The lowest BCUT2D eigenvalue weighted by atomic mass is 9.84. The van der Waals surface area contributed by atoms with E-state index in [1.54, 1.807) is 20.1 Å². The van der Waals surface area contributed by atoms with Crippen molar-refractivity contribution in [1.82, 2.24) is 10.2 Å². The number of benzene rings is 2. The number of rotatable bonds is 8. The second-order valence-electron chi connectivity index (χ2n) is 10.0. The van der Waals surface area contributed by atoms with Gasteiger partial charge in [-0.15, -0.1) is 0 Å². The van der Waals surface area contributed by atoms with Gasteiger partial charge in [-0.3, -0.25) is 9.59 Å². The van der Waals surface area contributed by atoms with E-state index in [0.717, 1.165) is 68.1 Å². The van der Waals surface area contributed by atoms with E-state index in [2.05, 4.69) is 22.3 Å². The molecule has 5 nitrogen and oxygen atoms in total. The summed E-state index contributed by atoms with van der Waals surface area (Å²) < 4.78 is 5.24. The highest BCUT2D eigenvalue weighted by atomic mass is 16.5. The van der Waals surface area contributed by atoms with Crippen LogP contribution in [0.25, 0.3) is 6.08 Å². The zero-order valence-corrected chi connectivity index (χ0v) is 21.1. The molecule has 0 saturated heterocycles. The minimum Gasteiger partial charge on any atom is -0.497 e. The summed E-state index contributed by atoms with van der Waals surface area (Å²) in [6, 6.07) is 14.2. The van der Waals surface area contributed by atoms with Crippen LogP contribution in [0.3, 0.4) is 0 Å². The van der Waals surface area contributed by atoms with Crippen molar-refractivity contribution in [3.05, 3.63) is 70.8 Å². The van der Waals surface area contributed by atoms with Gasteiger partial charge < -0.3 is 15.0 Å². The molecule has 1 saturated carbocycles. The highest BCUT2D eigenvalue weighted by Gasteiger charge is 2.23. The number of Topliss-reactive ketones (excluding diaryl/α,β-unsaturated/α-hetero) is 1. The van der Waals surface area contributed by atoms with Gasteiger partial charge in [0.15, 0.2) is 5.78 Å². The Morgan fingerprint density at radius 2 is 1.80 bits per heavy atom. The summed E-state index contributed by atoms with van der Waals surface area (Å²) >= 11 is 0. The zero-order chi connectivity index (χ0) is 24.6. The Morgan fingerprint density at radius 1 is 1.03 bits per heavy atom. The number of nitrogens with one attached hydrogen (secondary N) is 1. The lowest BCUT2D eigenvalue weighted by Gasteiger charge is -2.30. The summed E-state index contributed by atoms with van der Waals surface area (Å²) in [5.74, 6) is 1.66. The number of carbonyl (C=O) groups excluding carboxylic acids is 2. The van der Waals surface area contributed by atoms with Gasteiger partial charge in [-0.05, 0) is 105 Å². The minimum absolute atomic E-state index is 0.0201. The molecule has 186 valence electrons. The minimum atomic E-state index is -0.0201. The van der Waals surface area contributed by atoms with E-state index in [4.69, 9.17) is 4.74 Å². The molecule has 1 N–H and O–H groups in total. The van der Waals surface area contributed by atoms with Crippen LogP contribution in [0.5, 0.6) is 5.75 Å². The normalized spacial score (nSPS) is 20.7. The summed E-state index contributed by atoms with van der Waals surface area (Å²) in [4.78, 5) is 26.7. The summed E-state index contributed by atoms with van der Waals surface area (Å²) in [5.41, 5.74) is 4.53. The van der Waals surface area contributed by atoms with Gasteiger partial charge in [-0.2, -0.15) is 0 Å². The van der Waals surface area contributed by atoms with Crippen LogP contribution < -0.4 is 10.1 Å². The quantitative estimate of drug-likeness (QED) is 0.428. The smallest absolute Gasteiger partial charge is 0.244 e. The molecular weight excluding hydrogens is 436 g/mol. The lowest BCUT2D eigenvalue weighted by Crippen LogP contribution is -2.37. The molecule has 35 heavy (non-hydrogen) atoms. The van der Waals surface area contributed by atoms with Crippen molar-refractivity contribution in [1.29, 1.82) is 0 Å². The van der Waals surface area contributed by atoms with Gasteiger partial charge in [-0.1, -0.05) is 24.3 Å². The van der Waals surface area contributed by atoms with Crippen molar-refractivity contribution in [2.24, 2.45) is 5.92 Å². The van der Waals surface area contributed by atoms with E-state index in [1.165, 1.54) is 30.4 Å². The first kappa shape index (κ1) is 25.2. The van der Waals surface area contributed by atoms with E-state index < -0.39 is 0 Å². The van der Waals surface area contributed by atoms with Crippen molar-refractivity contribution < 1.29 is 14.3 Å². The number of amides is 1. The Hall–Kier alpha value is -2.92. The molecule has 0 unspecified atom stereocenters. The molecule has 1 aliphatic heterocycles. The third-order valence-electron chi connectivity index (χ3n) is 7.58. The fourth-order valence-electron chi connectivity index (χ4n) is 5.34. The molecule has 0 atom stereocenters. The highest BCUT2D eigenvalue weighted by Crippen LogP contribution is 2.28. The van der Waals surface area contributed by atoms with Crippen LogP contribution in [0.1, 0.15) is 66.1 Å². The van der Waals surface area contributed by atoms with Gasteiger partial charge in [0.05, 0.1) is 7.11 Å². The fourth-order valence-corrected chi connectivity index (χ4v) is 5.34. The maximum Gasteiger partial charge on any atom is 0.244 e. The first-order valence-electron chi connectivity index (χ1n) is 13.0. The van der Waals surface area contributed by atoms with Crippen LogP contribution in [0.2, 0.25) is 0 Å². The summed E-state index contributed by atoms with van der Waals surface area (Å²) in [7, 11) is 1.64. The molecule has 0 radical (unpaired) electrons. The van der Waals surface area contributed by atoms with E-state index in [-0.39, 0.29) is 17.7 Å². The molecule has 0 bridgehead atoms. The number of hydrogen-bond acceptors (Lipinski definition) is 4. The number of methoxy groups -OCH3 is 1. The van der Waals surface area contributed by atoms with Gasteiger partial charge in [0.1, 0.15) is 5.75 Å². The molecule has 2 aromatic carbocycles. The van der Waals surface area contributed by atoms with Crippen molar-refractivity contribution in [3.8, 4) is 5.75 Å². The third kappa shape index (κ3) is 7.28. The van der Waals surface area contributed by atoms with Crippen molar-refractivity contribution in [3.63, 3.8) is 0 Å². The van der Waals surface area contributed by atoms with Crippen molar-refractivity contribution in [2.75, 3.05) is 26.7 Å². The van der Waals surface area contributed by atoms with E-state index >= 15 is 0 Å². The molecule has 2 aliphatic rings. The van der Waals surface area contributed by atoms with Gasteiger partial charge in [0, 0.05) is 30.8 Å². The number of ketones is 1. The highest BCUT2D eigenvalue weighted by molar-refractivity contribution is 5.94. The van der Waals surface area contributed by atoms with E-state index in [9.17, 15) is 9.59 Å². The predicted molar refractivity (Wildman–Crippen MR) is 141 cm³/mol. The second kappa shape index (κ2) is 12.2. The lowest BCUT2D eigenvalue weighted by molar-refractivity contribution is -0.117. The molecule has 0 spiro atoms. The predicted octanol–water partition coefficient (Wildman–Crippen LogP) is 5.08. The summed E-state index contributed by atoms with van der Waals surface area (Å²) in [6.07, 6.45) is 11.3. The van der Waals surface area contributed by atoms with Crippen LogP contribution >= 0.6 is 0 Å². The van der Waals surface area contributed by atoms with Crippen LogP contribution in [0.15, 0.2) is 48.5 Å². The summed E-state index contributed by atoms with van der Waals surface area (Å²) in [6.45, 7) is 4.94. The molecule has 1 amide bonds. The topological polar surface area (TPSA) is 58.6 Å². The van der Waals surface area contributed by atoms with Crippen LogP contribution in [0, 0.1) is 5.92 Å². The maximum absolute atomic E-state index is 12.4. The Morgan fingerprint density at radius 3 is 2.54 bits per heavy atom. The van der Waals surface area contributed by atoms with E-state index in [0.29, 0.717) is 0 Å². The van der Waals surface area contributed by atoms with Gasteiger partial charge in [-0.25, -0.2) is 0 Å². The van der Waals surface area contributed by atoms with Gasteiger partial charge >= 0.3 is 0 Å². The van der Waals surface area contributed by atoms with Gasteiger partial charge in [0.25, 0.3) is 0 Å². The first-order valence-corrected chi connectivity index (χ1v) is 13.0. The number of nitrogens with zero attached hydrogens (tertiary/aromatic N) is 1. The monoisotopic (exact) mass is 474 g/mol. The molecule has 2 aromatic rings. The molecular formula is C30H38N2O3. The zero-order valence-electron chi connectivity index (χ0n) is 21.1. The second-order valence-corrected chi connectivity index (χ2v) is 10.0. The molecule has 0 aromatic heterocycles. The van der Waals surface area contributed by atoms with Crippen LogP contribution in [-0.4, -0.2) is 49.4 Å². The maximum atomic E-state index is 12.4. The van der Waals surface area contributed by atoms with E-state index in [1.807, 2.05) is 36.4 Å². The van der Waals surface area contributed by atoms with Gasteiger partial charge in [0.2, 0.25) is 5.91 Å². The Labute approximate surface area is 209 Å². The van der Waals surface area contributed by atoms with Crippen molar-refractivity contribution in [2.45, 2.75) is 57.9 Å². The molecule has 4 rings (SSSR count). The van der Waals surface area contributed by atoms with Crippen LogP contribution in [-0.2, 0) is 17.6 Å². The average molecular weight is 475 g/mol. The number of hydrogen-bond donors (Lipinski definition) is 1. The molecule has 1 fully saturated rings. The summed E-state index contributed by atoms with van der Waals surface area (Å²) in [5, 5.41) is 3.18. The molecule has 1 heterocycles. The average Bonchev–Trinajstić information content (AvgIpc) is 3.09. The Bertz CT molecular complexity index is 1050. The first-order chi connectivity index (χ1) is 17.0. The number of carbonyl (C=O) groups is 2. The SMILES string of the molecule is COc1cccc(/C=C/C(=O)NC2CCC(CCN3CCc4ccc(C(C)=O)cc4CC3)CC2)c1. The molecule has 1 aliphatic carbocycles. The Kier molecular flexibility index (Phi) is 8.75. The van der Waals surface area contributed by atoms with Crippen LogP contribution in [0.4, 0.5) is 0 Å². The third-order valence-corrected chi connectivity index (χ3v) is 7.58. The fraction of sp³-hybridized carbons (Fsp3) is 0.467. The Balaban J connectivity index is 1.17. The largest absolute Gasteiger partial charge is 0.497 e. The molecule has 5 heteroatoms. The van der Waals surface area contributed by atoms with Crippen molar-refractivity contribution >= 4 is 17.8 Å². The number of fused-ring (bicyclic) bond motifs is 1.